The molecule has 0 fully saturated rings. The fraction of sp³-hybridized carbons (Fsp3) is 0.481. The number of rotatable bonds is 9. The number of hydrogen-bond donors (Lipinski definition) is 2. The van der Waals surface area contributed by atoms with E-state index in [0.717, 1.165) is 29.7 Å². The van der Waals surface area contributed by atoms with Gasteiger partial charge in [-0.2, -0.15) is 0 Å². The Morgan fingerprint density at radius 1 is 1.03 bits per heavy atom. The molecule has 2 N–H and O–H groups in total. The average Bonchev–Trinajstić information content (AvgIpc) is 2.76. The molecule has 6 nitrogen and oxygen atoms in total. The molecular weight excluding hydrogens is 412 g/mol. The molecule has 2 aromatic carbocycles. The summed E-state index contributed by atoms with van der Waals surface area (Å²) < 4.78 is 0. The molecule has 2 aromatic rings. The van der Waals surface area contributed by atoms with Crippen molar-refractivity contribution < 1.29 is 9.59 Å². The Hall–Kier alpha value is -3.02. The fourth-order valence-corrected chi connectivity index (χ4v) is 3.69. The van der Waals surface area contributed by atoms with E-state index in [1.165, 1.54) is 0 Å². The standard InChI is InChI=1S/C27H40N4O2/c1-8-9-17-28-26(33)29-23-15-16-24(30(6)7)22(18-23)19-31(25(32)27(3,4)5)20(2)21-13-11-10-12-14-21/h10-16,18,20H,8-9,17,19H2,1-7H3,(H2,28,29,33)/t20-/m0/s1. The van der Waals surface area contributed by atoms with Crippen molar-refractivity contribution in [2.24, 2.45) is 5.41 Å². The SMILES string of the molecule is CCCCNC(=O)Nc1ccc(N(C)C)c(CN(C(=O)C(C)(C)C)[C@@H](C)c2ccccc2)c1. The predicted octanol–water partition coefficient (Wildman–Crippen LogP) is 5.81. The lowest BCUT2D eigenvalue weighted by atomic mass is 9.92. The highest BCUT2D eigenvalue weighted by molar-refractivity contribution is 5.89. The van der Waals surface area contributed by atoms with Gasteiger partial charge in [0.2, 0.25) is 5.91 Å². The minimum absolute atomic E-state index is 0.0826. The van der Waals surface area contributed by atoms with Crippen molar-refractivity contribution in [1.29, 1.82) is 0 Å². The number of nitrogens with zero attached hydrogens (tertiary/aromatic N) is 2. The zero-order valence-electron chi connectivity index (χ0n) is 21.2. The van der Waals surface area contributed by atoms with Crippen molar-refractivity contribution in [3.05, 3.63) is 59.7 Å². The summed E-state index contributed by atoms with van der Waals surface area (Å²) in [4.78, 5) is 29.8. The summed E-state index contributed by atoms with van der Waals surface area (Å²) in [7, 11) is 3.97. The van der Waals surface area contributed by atoms with Gasteiger partial charge in [0.25, 0.3) is 0 Å². The summed E-state index contributed by atoms with van der Waals surface area (Å²) in [6, 6.07) is 15.6. The van der Waals surface area contributed by atoms with E-state index in [2.05, 4.69) is 36.6 Å². The van der Waals surface area contributed by atoms with Gasteiger partial charge in [0.05, 0.1) is 6.04 Å². The Labute approximate surface area is 199 Å². The van der Waals surface area contributed by atoms with Crippen LogP contribution in [0.25, 0.3) is 0 Å². The average molecular weight is 453 g/mol. The van der Waals surface area contributed by atoms with Crippen LogP contribution in [0.1, 0.15) is 64.6 Å². The molecule has 0 aliphatic carbocycles. The Bertz CT molecular complexity index is 919. The second-order valence-corrected chi connectivity index (χ2v) is 9.74. The second kappa shape index (κ2) is 11.7. The molecule has 0 spiro atoms. The topological polar surface area (TPSA) is 64.7 Å². The first-order valence-corrected chi connectivity index (χ1v) is 11.8. The molecule has 0 saturated heterocycles. The van der Waals surface area contributed by atoms with Crippen LogP contribution in [-0.2, 0) is 11.3 Å². The third-order valence-electron chi connectivity index (χ3n) is 5.63. The maximum Gasteiger partial charge on any atom is 0.319 e. The normalized spacial score (nSPS) is 12.1. The Morgan fingerprint density at radius 3 is 2.27 bits per heavy atom. The van der Waals surface area contributed by atoms with Crippen LogP contribution in [-0.4, -0.2) is 37.5 Å². The van der Waals surface area contributed by atoms with Gasteiger partial charge in [0, 0.05) is 44.0 Å². The van der Waals surface area contributed by atoms with Crippen molar-refractivity contribution in [3.8, 4) is 0 Å². The van der Waals surface area contributed by atoms with Crippen molar-refractivity contribution in [2.75, 3.05) is 30.9 Å². The third-order valence-corrected chi connectivity index (χ3v) is 5.63. The van der Waals surface area contributed by atoms with E-state index in [9.17, 15) is 9.59 Å². The van der Waals surface area contributed by atoms with E-state index in [4.69, 9.17) is 0 Å². The number of hydrogen-bond acceptors (Lipinski definition) is 3. The van der Waals surface area contributed by atoms with Gasteiger partial charge in [-0.1, -0.05) is 64.4 Å². The first-order valence-electron chi connectivity index (χ1n) is 11.8. The van der Waals surface area contributed by atoms with E-state index < -0.39 is 5.41 Å². The number of nitrogens with one attached hydrogen (secondary N) is 2. The summed E-state index contributed by atoms with van der Waals surface area (Å²) in [6.45, 7) is 11.1. The molecule has 0 aromatic heterocycles. The molecule has 6 heteroatoms. The summed E-state index contributed by atoms with van der Waals surface area (Å²) in [5.74, 6) is 0.0826. The van der Waals surface area contributed by atoms with Crippen LogP contribution in [0.15, 0.2) is 48.5 Å². The van der Waals surface area contributed by atoms with Gasteiger partial charge >= 0.3 is 6.03 Å². The van der Waals surface area contributed by atoms with E-state index in [-0.39, 0.29) is 18.0 Å². The Balaban J connectivity index is 2.38. The molecule has 0 radical (unpaired) electrons. The van der Waals surface area contributed by atoms with Gasteiger partial charge in [0.1, 0.15) is 0 Å². The van der Waals surface area contributed by atoms with Crippen molar-refractivity contribution >= 4 is 23.3 Å². The number of carbonyl (C=O) groups excluding carboxylic acids is 2. The van der Waals surface area contributed by atoms with Crippen LogP contribution in [0.3, 0.4) is 0 Å². The van der Waals surface area contributed by atoms with Crippen molar-refractivity contribution in [2.45, 2.75) is 60.0 Å². The van der Waals surface area contributed by atoms with Gasteiger partial charge in [-0.05, 0) is 42.7 Å². The van der Waals surface area contributed by atoms with Gasteiger partial charge in [-0.15, -0.1) is 0 Å². The first-order chi connectivity index (χ1) is 15.5. The molecular formula is C27H40N4O2. The number of carbonyl (C=O) groups is 2. The van der Waals surface area contributed by atoms with Crippen molar-refractivity contribution in [1.82, 2.24) is 10.2 Å². The quantitative estimate of drug-likeness (QED) is 0.472. The summed E-state index contributed by atoms with van der Waals surface area (Å²) in [5.41, 5.74) is 3.27. The smallest absolute Gasteiger partial charge is 0.319 e. The number of unbranched alkanes of at least 4 members (excludes halogenated alkanes) is 1. The second-order valence-electron chi connectivity index (χ2n) is 9.74. The van der Waals surface area contributed by atoms with Crippen molar-refractivity contribution in [3.63, 3.8) is 0 Å². The lowest BCUT2D eigenvalue weighted by Gasteiger charge is -2.35. The maximum atomic E-state index is 13.5. The molecule has 0 saturated carbocycles. The van der Waals surface area contributed by atoms with Gasteiger partial charge < -0.3 is 20.4 Å². The predicted molar refractivity (Wildman–Crippen MR) is 138 cm³/mol. The van der Waals surface area contributed by atoms with Crippen LogP contribution in [0.2, 0.25) is 0 Å². The highest BCUT2D eigenvalue weighted by atomic mass is 16.2. The van der Waals surface area contributed by atoms with Crippen LogP contribution < -0.4 is 15.5 Å². The molecule has 0 unspecified atom stereocenters. The first kappa shape index (κ1) is 26.2. The number of benzene rings is 2. The monoisotopic (exact) mass is 452 g/mol. The molecule has 33 heavy (non-hydrogen) atoms. The molecule has 0 aliphatic heterocycles. The van der Waals surface area contributed by atoms with E-state index in [1.54, 1.807) is 0 Å². The highest BCUT2D eigenvalue weighted by Gasteiger charge is 2.31. The molecule has 3 amide bonds. The summed E-state index contributed by atoms with van der Waals surface area (Å²) >= 11 is 0. The van der Waals surface area contributed by atoms with Crippen LogP contribution in [0.5, 0.6) is 0 Å². The maximum absolute atomic E-state index is 13.5. The third kappa shape index (κ3) is 7.52. The number of amides is 3. The molecule has 0 heterocycles. The molecule has 1 atom stereocenters. The van der Waals surface area contributed by atoms with Crippen LogP contribution in [0, 0.1) is 5.41 Å². The lowest BCUT2D eigenvalue weighted by molar-refractivity contribution is -0.142. The minimum atomic E-state index is -0.518. The molecule has 180 valence electrons. The zero-order valence-corrected chi connectivity index (χ0v) is 21.2. The fourth-order valence-electron chi connectivity index (χ4n) is 3.69. The van der Waals surface area contributed by atoms with E-state index >= 15 is 0 Å². The summed E-state index contributed by atoms with van der Waals surface area (Å²) in [6.07, 6.45) is 1.97. The Kier molecular flexibility index (Phi) is 9.32. The summed E-state index contributed by atoms with van der Waals surface area (Å²) in [5, 5.41) is 5.81. The number of anilines is 2. The minimum Gasteiger partial charge on any atom is -0.377 e. The van der Waals surface area contributed by atoms with Gasteiger partial charge in [-0.25, -0.2) is 4.79 Å². The molecule has 0 bridgehead atoms. The molecule has 2 rings (SSSR count). The highest BCUT2D eigenvalue weighted by Crippen LogP contribution is 2.32. The lowest BCUT2D eigenvalue weighted by Crippen LogP contribution is -2.41. The number of urea groups is 1. The van der Waals surface area contributed by atoms with E-state index in [1.807, 2.05) is 81.1 Å². The van der Waals surface area contributed by atoms with E-state index in [0.29, 0.717) is 18.8 Å². The molecule has 0 aliphatic rings. The van der Waals surface area contributed by atoms with Crippen LogP contribution >= 0.6 is 0 Å². The Morgan fingerprint density at radius 2 is 1.70 bits per heavy atom. The van der Waals surface area contributed by atoms with Crippen LogP contribution in [0.4, 0.5) is 16.2 Å². The largest absolute Gasteiger partial charge is 0.377 e. The zero-order chi connectivity index (χ0) is 24.6. The van der Waals surface area contributed by atoms with Gasteiger partial charge in [0.15, 0.2) is 0 Å². The van der Waals surface area contributed by atoms with Gasteiger partial charge in [-0.3, -0.25) is 4.79 Å².